The van der Waals surface area contributed by atoms with Crippen molar-refractivity contribution in [3.8, 4) is 11.5 Å². The number of nitrogen functional groups attached to an aromatic ring is 1. The minimum absolute atomic E-state index is 0.241. The highest BCUT2D eigenvalue weighted by Crippen LogP contribution is 2.28. The molecule has 3 rings (SSSR count). The Bertz CT molecular complexity index is 734. The summed E-state index contributed by atoms with van der Waals surface area (Å²) in [6, 6.07) is 10.1. The van der Waals surface area contributed by atoms with Crippen molar-refractivity contribution < 1.29 is 8.81 Å². The number of anilines is 1. The van der Waals surface area contributed by atoms with Gasteiger partial charge in [0.15, 0.2) is 5.58 Å². The Morgan fingerprint density at radius 3 is 2.78 bits per heavy atom. The number of oxazole rings is 1. The Morgan fingerprint density at radius 2 is 2.06 bits per heavy atom. The van der Waals surface area contributed by atoms with Crippen molar-refractivity contribution in [2.24, 2.45) is 0 Å². The number of hydrogen-bond acceptors (Lipinski definition) is 3. The zero-order chi connectivity index (χ0) is 12.7. The van der Waals surface area contributed by atoms with Gasteiger partial charge in [0, 0.05) is 5.56 Å². The first-order chi connectivity index (χ1) is 8.65. The van der Waals surface area contributed by atoms with Gasteiger partial charge in [-0.25, -0.2) is 9.37 Å². The highest BCUT2D eigenvalue weighted by molar-refractivity contribution is 5.87. The lowest BCUT2D eigenvalue weighted by Gasteiger charge is -1.98. The lowest BCUT2D eigenvalue weighted by Crippen LogP contribution is -1.86. The first-order valence-electron chi connectivity index (χ1n) is 5.57. The number of benzene rings is 2. The molecule has 18 heavy (non-hydrogen) atoms. The summed E-state index contributed by atoms with van der Waals surface area (Å²) in [6.45, 7) is 1.70. The second kappa shape index (κ2) is 3.84. The van der Waals surface area contributed by atoms with Crippen molar-refractivity contribution in [1.29, 1.82) is 0 Å². The number of nitrogens with zero attached hydrogens (tertiary/aromatic N) is 1. The van der Waals surface area contributed by atoms with E-state index in [9.17, 15) is 4.39 Å². The van der Waals surface area contributed by atoms with Crippen LogP contribution in [0.4, 0.5) is 10.1 Å². The molecule has 2 N–H and O–H groups in total. The van der Waals surface area contributed by atoms with Crippen molar-refractivity contribution in [3.05, 3.63) is 47.8 Å². The minimum atomic E-state index is -0.241. The third kappa shape index (κ3) is 1.62. The van der Waals surface area contributed by atoms with E-state index in [0.717, 1.165) is 5.56 Å². The van der Waals surface area contributed by atoms with Crippen molar-refractivity contribution in [3.63, 3.8) is 0 Å². The molecule has 0 atom stereocenters. The van der Waals surface area contributed by atoms with Gasteiger partial charge in [-0.3, -0.25) is 0 Å². The zero-order valence-corrected chi connectivity index (χ0v) is 9.77. The molecule has 0 aliphatic heterocycles. The maximum absolute atomic E-state index is 13.2. The van der Waals surface area contributed by atoms with Crippen molar-refractivity contribution in [1.82, 2.24) is 4.98 Å². The quantitative estimate of drug-likeness (QED) is 0.664. The Labute approximate surface area is 103 Å². The predicted octanol–water partition coefficient (Wildman–Crippen LogP) is 3.52. The summed E-state index contributed by atoms with van der Waals surface area (Å²) in [7, 11) is 0. The maximum Gasteiger partial charge on any atom is 0.227 e. The molecule has 3 aromatic rings. The largest absolute Gasteiger partial charge is 0.436 e. The van der Waals surface area contributed by atoms with Gasteiger partial charge >= 0.3 is 0 Å². The molecule has 0 bridgehead atoms. The SMILES string of the molecule is Cc1cc(-c2nc3c(N)cccc3o2)ccc1F. The number of rotatable bonds is 1. The van der Waals surface area contributed by atoms with Crippen LogP contribution in [0.1, 0.15) is 5.56 Å². The van der Waals surface area contributed by atoms with Crippen LogP contribution in [-0.4, -0.2) is 4.98 Å². The van der Waals surface area contributed by atoms with Crippen LogP contribution in [-0.2, 0) is 0 Å². The lowest BCUT2D eigenvalue weighted by molar-refractivity contribution is 0.612. The normalized spacial score (nSPS) is 11.0. The number of halogens is 1. The van der Waals surface area contributed by atoms with Gasteiger partial charge in [0.25, 0.3) is 0 Å². The molecule has 90 valence electrons. The fourth-order valence-corrected chi connectivity index (χ4v) is 1.87. The monoisotopic (exact) mass is 242 g/mol. The third-order valence-corrected chi connectivity index (χ3v) is 2.86. The molecule has 3 nitrogen and oxygen atoms in total. The van der Waals surface area contributed by atoms with Crippen molar-refractivity contribution in [2.75, 3.05) is 5.73 Å². The molecule has 0 radical (unpaired) electrons. The molecule has 0 aliphatic rings. The van der Waals surface area contributed by atoms with Crippen LogP contribution in [0.3, 0.4) is 0 Å². The van der Waals surface area contributed by atoms with E-state index in [4.69, 9.17) is 10.2 Å². The number of fused-ring (bicyclic) bond motifs is 1. The molecular formula is C14H11FN2O. The molecule has 0 fully saturated rings. The van der Waals surface area contributed by atoms with Gasteiger partial charge in [-0.1, -0.05) is 6.07 Å². The first-order valence-corrected chi connectivity index (χ1v) is 5.57. The van der Waals surface area contributed by atoms with Crippen molar-refractivity contribution >= 4 is 16.8 Å². The van der Waals surface area contributed by atoms with Gasteiger partial charge in [-0.15, -0.1) is 0 Å². The summed E-state index contributed by atoms with van der Waals surface area (Å²) in [5.74, 6) is 0.209. The molecule has 0 unspecified atom stereocenters. The number of hydrogen-bond donors (Lipinski definition) is 1. The lowest BCUT2D eigenvalue weighted by atomic mass is 10.1. The molecular weight excluding hydrogens is 231 g/mol. The summed E-state index contributed by atoms with van der Waals surface area (Å²) in [4.78, 5) is 4.34. The standard InChI is InChI=1S/C14H11FN2O/c1-8-7-9(5-6-10(8)15)14-17-13-11(16)3-2-4-12(13)18-14/h2-7H,16H2,1H3. The number of nitrogens with two attached hydrogens (primary N) is 1. The van der Waals surface area contributed by atoms with Gasteiger partial charge in [0.05, 0.1) is 5.69 Å². The van der Waals surface area contributed by atoms with Crippen LogP contribution >= 0.6 is 0 Å². The highest BCUT2D eigenvalue weighted by Gasteiger charge is 2.11. The molecule has 1 heterocycles. The summed E-state index contributed by atoms with van der Waals surface area (Å²) in [5.41, 5.74) is 8.95. The smallest absolute Gasteiger partial charge is 0.227 e. The molecule has 0 aliphatic carbocycles. The highest BCUT2D eigenvalue weighted by atomic mass is 19.1. The van der Waals surface area contributed by atoms with Gasteiger partial charge in [-0.05, 0) is 42.8 Å². The van der Waals surface area contributed by atoms with Crippen LogP contribution < -0.4 is 5.73 Å². The second-order valence-electron chi connectivity index (χ2n) is 4.18. The molecule has 0 saturated carbocycles. The van der Waals surface area contributed by atoms with E-state index < -0.39 is 0 Å². The van der Waals surface area contributed by atoms with Gasteiger partial charge in [0.1, 0.15) is 11.3 Å². The van der Waals surface area contributed by atoms with Crippen LogP contribution in [0.2, 0.25) is 0 Å². The summed E-state index contributed by atoms with van der Waals surface area (Å²) in [5, 5.41) is 0. The van der Waals surface area contributed by atoms with E-state index in [1.165, 1.54) is 6.07 Å². The van der Waals surface area contributed by atoms with Crippen LogP contribution in [0.15, 0.2) is 40.8 Å². The molecule has 4 heteroatoms. The average molecular weight is 242 g/mol. The molecule has 0 saturated heterocycles. The number of aryl methyl sites for hydroxylation is 1. The van der Waals surface area contributed by atoms with Crippen LogP contribution in [0.25, 0.3) is 22.6 Å². The molecule has 0 amide bonds. The topological polar surface area (TPSA) is 52.0 Å². The fraction of sp³-hybridized carbons (Fsp3) is 0.0714. The van der Waals surface area contributed by atoms with Gasteiger partial charge in [-0.2, -0.15) is 0 Å². The Hall–Kier alpha value is -2.36. The van der Waals surface area contributed by atoms with E-state index >= 15 is 0 Å². The van der Waals surface area contributed by atoms with Crippen molar-refractivity contribution in [2.45, 2.75) is 6.92 Å². The average Bonchev–Trinajstić information content (AvgIpc) is 2.78. The molecule has 2 aromatic carbocycles. The van der Waals surface area contributed by atoms with E-state index in [1.807, 2.05) is 6.07 Å². The minimum Gasteiger partial charge on any atom is -0.436 e. The van der Waals surface area contributed by atoms with Crippen LogP contribution in [0.5, 0.6) is 0 Å². The fourth-order valence-electron chi connectivity index (χ4n) is 1.87. The van der Waals surface area contributed by atoms with Gasteiger partial charge < -0.3 is 10.2 Å². The van der Waals surface area contributed by atoms with E-state index in [0.29, 0.717) is 28.2 Å². The Morgan fingerprint density at radius 1 is 1.22 bits per heavy atom. The van der Waals surface area contributed by atoms with E-state index in [-0.39, 0.29) is 5.82 Å². The van der Waals surface area contributed by atoms with Gasteiger partial charge in [0.2, 0.25) is 5.89 Å². The molecule has 1 aromatic heterocycles. The summed E-state index contributed by atoms with van der Waals surface area (Å²) < 4.78 is 18.8. The second-order valence-corrected chi connectivity index (χ2v) is 4.18. The third-order valence-electron chi connectivity index (χ3n) is 2.86. The number of para-hydroxylation sites is 1. The maximum atomic E-state index is 13.2. The predicted molar refractivity (Wildman–Crippen MR) is 68.6 cm³/mol. The first kappa shape index (κ1) is 10.8. The number of aromatic nitrogens is 1. The summed E-state index contributed by atoms with van der Waals surface area (Å²) >= 11 is 0. The Balaban J connectivity index is 2.19. The van der Waals surface area contributed by atoms with E-state index in [1.54, 1.807) is 31.2 Å². The van der Waals surface area contributed by atoms with Crippen LogP contribution in [0, 0.1) is 12.7 Å². The summed E-state index contributed by atoms with van der Waals surface area (Å²) in [6.07, 6.45) is 0. The molecule has 0 spiro atoms. The zero-order valence-electron chi connectivity index (χ0n) is 9.77. The van der Waals surface area contributed by atoms with E-state index in [2.05, 4.69) is 4.98 Å². The Kier molecular flexibility index (Phi) is 2.30.